The van der Waals surface area contributed by atoms with E-state index in [-0.39, 0.29) is 19.5 Å². The Kier molecular flexibility index (Phi) is 23.7. The van der Waals surface area contributed by atoms with Gasteiger partial charge in [-0.05, 0) is 19.0 Å². The predicted octanol–water partition coefficient (Wildman–Crippen LogP) is -12.2. The molecule has 5 heterocycles. The zero-order valence-corrected chi connectivity index (χ0v) is 38.6. The Morgan fingerprint density at radius 1 is 0.444 bits per heavy atom. The number of likely N-dealkylation sites (N-methyl/N-ethyl adjacent to an activating group) is 1. The lowest BCUT2D eigenvalue weighted by Crippen LogP contribution is -2.63. The summed E-state index contributed by atoms with van der Waals surface area (Å²) in [5, 5.41) is 202. The van der Waals surface area contributed by atoms with Crippen LogP contribution in [0.3, 0.4) is 0 Å². The van der Waals surface area contributed by atoms with Gasteiger partial charge in [-0.15, -0.1) is 0 Å². The van der Waals surface area contributed by atoms with E-state index < -0.39 is 211 Å². The molecule has 0 aromatic carbocycles. The van der Waals surface area contributed by atoms with E-state index in [1.807, 2.05) is 0 Å². The smallest absolute Gasteiger partial charge is 0.186 e. The first-order valence-corrected chi connectivity index (χ1v) is 22.9. The second kappa shape index (κ2) is 27.9. The molecule has 33 nitrogen and oxygen atoms in total. The molecule has 5 fully saturated rings. The fraction of sp³-hybridized carbons (Fsp3) is 1.00. The zero-order valence-electron chi connectivity index (χ0n) is 38.6. The van der Waals surface area contributed by atoms with Gasteiger partial charge in [-0.25, -0.2) is 0 Å². The minimum absolute atomic E-state index is 0.0153. The number of aliphatic hydroxyl groups is 19. The molecule has 0 aliphatic carbocycles. The number of hydrogen-bond acceptors (Lipinski definition) is 31. The molecule has 0 aromatic rings. The quantitative estimate of drug-likeness (QED) is 0.0242. The van der Waals surface area contributed by atoms with Crippen molar-refractivity contribution in [3.05, 3.63) is 10.4 Å². The first-order valence-electron chi connectivity index (χ1n) is 22.9. The second-order valence-corrected chi connectivity index (χ2v) is 18.1. The summed E-state index contributed by atoms with van der Waals surface area (Å²) in [4.78, 5) is 4.35. The molecule has 420 valence electrons. The summed E-state index contributed by atoms with van der Waals surface area (Å²) < 4.78 is 54.9. The molecule has 5 saturated heterocycles. The summed E-state index contributed by atoms with van der Waals surface area (Å²) in [6.45, 7) is -3.81. The maximum absolute atomic E-state index is 10.8. The van der Waals surface area contributed by atoms with Gasteiger partial charge in [0, 0.05) is 24.5 Å². The molecule has 0 saturated carbocycles. The highest BCUT2D eigenvalue weighted by Crippen LogP contribution is 2.31. The van der Waals surface area contributed by atoms with Crippen LogP contribution in [0.1, 0.15) is 6.42 Å². The Balaban J connectivity index is 1.12. The topological polar surface area (TPSA) is 529 Å². The molecule has 5 aliphatic heterocycles. The number of aliphatic hydroxyl groups excluding tert-OH is 19. The van der Waals surface area contributed by atoms with Crippen molar-refractivity contribution < 1.29 is 144 Å². The fourth-order valence-electron chi connectivity index (χ4n) is 8.18. The predicted molar refractivity (Wildman–Crippen MR) is 224 cm³/mol. The van der Waals surface area contributed by atoms with Crippen LogP contribution in [0.4, 0.5) is 0 Å². The van der Waals surface area contributed by atoms with Gasteiger partial charge in [-0.2, -0.15) is 0 Å². The van der Waals surface area contributed by atoms with Gasteiger partial charge in [0.25, 0.3) is 0 Å². The van der Waals surface area contributed by atoms with E-state index in [9.17, 15) is 97.0 Å². The third-order valence-electron chi connectivity index (χ3n) is 12.9. The third-order valence-corrected chi connectivity index (χ3v) is 12.9. The first-order chi connectivity index (χ1) is 34.0. The van der Waals surface area contributed by atoms with Gasteiger partial charge in [0.05, 0.1) is 45.7 Å². The molecule has 5 rings (SSSR count). The van der Waals surface area contributed by atoms with Gasteiger partial charge in [0.1, 0.15) is 134 Å². The highest BCUT2D eigenvalue weighted by Gasteiger charge is 2.52. The largest absolute Gasteiger partial charge is 0.394 e. The first kappa shape index (κ1) is 61.0. The highest BCUT2D eigenvalue weighted by molar-refractivity contribution is 4.95. The molecule has 0 amide bonds. The Morgan fingerprint density at radius 3 is 1.07 bits per heavy atom. The standard InChI is InChI=1S/C39H70N4O29/c1-43(5-3-41-42-40)4-2-12(45)19(47)13(46)7-63-35-31(59)26(54)21(49)15(69-35)9-65-37-33(61)28(56)23(51)17(71-37)11-67-39-34(62)29(57)24(52)18(72-39)10-66-38-32(60)27(55)22(50)16(70-38)8-64-36-30(58)25(53)20(48)14(6-44)68-36/h12-39,44-62H,2-11H2,1H3/t12-,13-,14-,15-,16?,17?,18?,19+,20-,21-,22-,23-,24-,25+,26+,27+,28+,29+,30-,31-,32-,33-,34-,35?,36-,37-,38-,39-/m1/s1. The maximum atomic E-state index is 10.8. The summed E-state index contributed by atoms with van der Waals surface area (Å²) in [6.07, 6.45) is -50.3. The molecule has 0 aromatic heterocycles. The molecular weight excluding hydrogens is 988 g/mol. The molecule has 0 spiro atoms. The molecule has 4 unspecified atom stereocenters. The summed E-state index contributed by atoms with van der Waals surface area (Å²) in [7, 11) is 1.67. The number of ether oxygens (including phenoxy) is 10. The van der Waals surface area contributed by atoms with Crippen LogP contribution in [0.25, 0.3) is 10.4 Å². The molecule has 19 N–H and O–H groups in total. The van der Waals surface area contributed by atoms with Crippen LogP contribution in [0.15, 0.2) is 5.11 Å². The number of nitrogens with zero attached hydrogens (tertiary/aromatic N) is 4. The van der Waals surface area contributed by atoms with Crippen LogP contribution in [0.5, 0.6) is 0 Å². The molecule has 33 heteroatoms. The van der Waals surface area contributed by atoms with Crippen molar-refractivity contribution in [3.8, 4) is 0 Å². The highest BCUT2D eigenvalue weighted by atomic mass is 16.8. The average Bonchev–Trinajstić information content (AvgIpc) is 3.36. The molecule has 0 radical (unpaired) electrons. The lowest BCUT2D eigenvalue weighted by molar-refractivity contribution is -0.351. The van der Waals surface area contributed by atoms with Crippen LogP contribution in [0, 0.1) is 0 Å². The second-order valence-electron chi connectivity index (χ2n) is 18.1. The minimum atomic E-state index is -2.01. The molecule has 28 atom stereocenters. The summed E-state index contributed by atoms with van der Waals surface area (Å²) in [5.74, 6) is 0. The van der Waals surface area contributed by atoms with Crippen molar-refractivity contribution >= 4 is 0 Å². The van der Waals surface area contributed by atoms with E-state index in [2.05, 4.69) is 10.0 Å². The van der Waals surface area contributed by atoms with Gasteiger partial charge in [-0.3, -0.25) is 0 Å². The molecule has 0 bridgehead atoms. The molecular formula is C39H70N4O29. The van der Waals surface area contributed by atoms with Crippen molar-refractivity contribution in [1.82, 2.24) is 4.90 Å². The van der Waals surface area contributed by atoms with Crippen molar-refractivity contribution in [2.75, 3.05) is 66.3 Å². The lowest BCUT2D eigenvalue weighted by atomic mass is 9.97. The average molecular weight is 1060 g/mol. The van der Waals surface area contributed by atoms with Crippen LogP contribution in [-0.2, 0) is 47.4 Å². The summed E-state index contributed by atoms with van der Waals surface area (Å²) in [5.41, 5.74) is 8.40. The number of azide groups is 1. The van der Waals surface area contributed by atoms with E-state index in [4.69, 9.17) is 52.9 Å². The minimum Gasteiger partial charge on any atom is -0.394 e. The van der Waals surface area contributed by atoms with Crippen LogP contribution in [0.2, 0.25) is 0 Å². The summed E-state index contributed by atoms with van der Waals surface area (Å²) >= 11 is 0. The van der Waals surface area contributed by atoms with Crippen molar-refractivity contribution in [2.45, 2.75) is 178 Å². The Morgan fingerprint density at radius 2 is 0.750 bits per heavy atom. The zero-order chi connectivity index (χ0) is 53.3. The van der Waals surface area contributed by atoms with E-state index in [1.54, 1.807) is 11.9 Å². The maximum Gasteiger partial charge on any atom is 0.186 e. The molecule has 5 aliphatic rings. The Hall–Kier alpha value is -1.89. The van der Waals surface area contributed by atoms with Gasteiger partial charge < -0.3 is 149 Å². The number of hydrogen-bond donors (Lipinski definition) is 19. The number of rotatable bonds is 24. The van der Waals surface area contributed by atoms with Crippen molar-refractivity contribution in [1.29, 1.82) is 0 Å². The van der Waals surface area contributed by atoms with E-state index in [0.717, 1.165) is 0 Å². The molecule has 72 heavy (non-hydrogen) atoms. The Bertz CT molecular complexity index is 1650. The van der Waals surface area contributed by atoms with Crippen molar-refractivity contribution in [3.63, 3.8) is 0 Å². The SMILES string of the molecule is CN(CCN=[N+]=[N-])CC[C@@H](O)[C@H](O)[C@H](O)COC1O[C@H](CO[C@@H]2OC(CO[C@@H]3OC(CO[C@@H]4OC(CO[C@@H]5O[C@H](CO)[C@@H](O)[C@H](O)[C@H]5O)[C@@H](O)[C@H](O)[C@H]4O)[C@@H](O)[C@H](O)[C@H]3O)[C@@H](O)[C@H](O)[C@H]2O)[C@@H](O)[C@H](O)[C@H]1O. The van der Waals surface area contributed by atoms with Crippen LogP contribution in [-0.4, -0.2) is 340 Å². The van der Waals surface area contributed by atoms with Crippen molar-refractivity contribution in [2.24, 2.45) is 5.11 Å². The monoisotopic (exact) mass is 1060 g/mol. The third kappa shape index (κ3) is 15.0. The Labute approximate surface area is 409 Å². The van der Waals surface area contributed by atoms with Crippen LogP contribution < -0.4 is 0 Å². The normalized spacial score (nSPS) is 45.3. The summed E-state index contributed by atoms with van der Waals surface area (Å²) in [6, 6.07) is 0. The lowest BCUT2D eigenvalue weighted by Gasteiger charge is -2.44. The van der Waals surface area contributed by atoms with Gasteiger partial charge in [0.15, 0.2) is 31.5 Å². The van der Waals surface area contributed by atoms with E-state index >= 15 is 0 Å². The van der Waals surface area contributed by atoms with Gasteiger partial charge in [0.2, 0.25) is 0 Å². The van der Waals surface area contributed by atoms with E-state index in [1.165, 1.54) is 0 Å². The van der Waals surface area contributed by atoms with Gasteiger partial charge in [-0.1, -0.05) is 5.11 Å². The van der Waals surface area contributed by atoms with Crippen LogP contribution >= 0.6 is 0 Å². The fourth-order valence-corrected chi connectivity index (χ4v) is 8.18. The van der Waals surface area contributed by atoms with E-state index in [0.29, 0.717) is 6.54 Å². The van der Waals surface area contributed by atoms with Gasteiger partial charge >= 0.3 is 0 Å².